The van der Waals surface area contributed by atoms with E-state index >= 15 is 0 Å². The molecule has 0 radical (unpaired) electrons. The molecule has 1 aromatic rings. The predicted octanol–water partition coefficient (Wildman–Crippen LogP) is 1.88. The minimum atomic E-state index is 0.453. The summed E-state index contributed by atoms with van der Waals surface area (Å²) in [5, 5.41) is 3.25. The van der Waals surface area contributed by atoms with Gasteiger partial charge in [-0.1, -0.05) is 0 Å². The molecule has 1 unspecified atom stereocenters. The standard InChI is InChI=1S/C9H13NO/c1-10-8-4-2-3-7-5-6-11-9(7)8/h5-6,8,10H,2-4H2,1H3. The first-order valence-corrected chi connectivity index (χ1v) is 4.15. The summed E-state index contributed by atoms with van der Waals surface area (Å²) in [6, 6.07) is 2.53. The number of aryl methyl sites for hydroxylation is 1. The molecule has 1 atom stereocenters. The minimum Gasteiger partial charge on any atom is -0.467 e. The Bertz CT molecular complexity index is 241. The maximum Gasteiger partial charge on any atom is 0.123 e. The van der Waals surface area contributed by atoms with Gasteiger partial charge in [-0.05, 0) is 37.9 Å². The Morgan fingerprint density at radius 3 is 3.36 bits per heavy atom. The maximum absolute atomic E-state index is 5.40. The molecular formula is C9H13NO. The minimum absolute atomic E-state index is 0.453. The molecule has 0 aromatic carbocycles. The van der Waals surface area contributed by atoms with Gasteiger partial charge in [-0.2, -0.15) is 0 Å². The van der Waals surface area contributed by atoms with Crippen LogP contribution < -0.4 is 5.32 Å². The largest absolute Gasteiger partial charge is 0.467 e. The van der Waals surface area contributed by atoms with Gasteiger partial charge in [-0.25, -0.2) is 0 Å². The third-order valence-electron chi connectivity index (χ3n) is 2.38. The van der Waals surface area contributed by atoms with Crippen molar-refractivity contribution in [2.24, 2.45) is 0 Å². The van der Waals surface area contributed by atoms with Gasteiger partial charge in [0.2, 0.25) is 0 Å². The van der Waals surface area contributed by atoms with Crippen molar-refractivity contribution in [3.8, 4) is 0 Å². The van der Waals surface area contributed by atoms with E-state index < -0.39 is 0 Å². The summed E-state index contributed by atoms with van der Waals surface area (Å²) in [5.74, 6) is 1.15. The number of fused-ring (bicyclic) bond motifs is 1. The van der Waals surface area contributed by atoms with Gasteiger partial charge < -0.3 is 9.73 Å². The van der Waals surface area contributed by atoms with Crippen molar-refractivity contribution in [3.63, 3.8) is 0 Å². The van der Waals surface area contributed by atoms with E-state index in [2.05, 4.69) is 11.4 Å². The van der Waals surface area contributed by atoms with E-state index in [0.717, 1.165) is 5.76 Å². The first kappa shape index (κ1) is 6.92. The molecule has 1 aliphatic rings. The first-order valence-electron chi connectivity index (χ1n) is 4.15. The molecule has 2 rings (SSSR count). The number of nitrogens with one attached hydrogen (secondary N) is 1. The van der Waals surface area contributed by atoms with Crippen molar-refractivity contribution in [2.45, 2.75) is 25.3 Å². The Balaban J connectivity index is 2.32. The lowest BCUT2D eigenvalue weighted by molar-refractivity contribution is 0.386. The van der Waals surface area contributed by atoms with Crippen molar-refractivity contribution in [3.05, 3.63) is 23.7 Å². The third kappa shape index (κ3) is 1.07. The first-order chi connectivity index (χ1) is 5.42. The second-order valence-corrected chi connectivity index (χ2v) is 3.04. The van der Waals surface area contributed by atoms with Gasteiger partial charge in [0.25, 0.3) is 0 Å². The highest BCUT2D eigenvalue weighted by Gasteiger charge is 2.20. The van der Waals surface area contributed by atoms with Gasteiger partial charge in [0.15, 0.2) is 0 Å². The van der Waals surface area contributed by atoms with Crippen LogP contribution >= 0.6 is 0 Å². The summed E-state index contributed by atoms with van der Waals surface area (Å²) < 4.78 is 5.40. The van der Waals surface area contributed by atoms with Crippen LogP contribution in [-0.4, -0.2) is 7.05 Å². The summed E-state index contributed by atoms with van der Waals surface area (Å²) >= 11 is 0. The Kier molecular flexibility index (Phi) is 1.70. The average Bonchev–Trinajstić information content (AvgIpc) is 2.50. The molecule has 1 aromatic heterocycles. The van der Waals surface area contributed by atoms with Crippen LogP contribution in [0.4, 0.5) is 0 Å². The van der Waals surface area contributed by atoms with Gasteiger partial charge in [-0.3, -0.25) is 0 Å². The maximum atomic E-state index is 5.40. The number of rotatable bonds is 1. The summed E-state index contributed by atoms with van der Waals surface area (Å²) in [5.41, 5.74) is 1.38. The summed E-state index contributed by atoms with van der Waals surface area (Å²) in [6.07, 6.45) is 5.46. The Hall–Kier alpha value is -0.760. The molecule has 0 fully saturated rings. The van der Waals surface area contributed by atoms with E-state index in [0.29, 0.717) is 6.04 Å². The fourth-order valence-corrected chi connectivity index (χ4v) is 1.76. The summed E-state index contributed by atoms with van der Waals surface area (Å²) in [6.45, 7) is 0. The van der Waals surface area contributed by atoms with Crippen LogP contribution in [0, 0.1) is 0 Å². The predicted molar refractivity (Wildman–Crippen MR) is 43.4 cm³/mol. The van der Waals surface area contributed by atoms with Crippen LogP contribution in [0.1, 0.15) is 30.2 Å². The van der Waals surface area contributed by atoms with E-state index in [1.165, 1.54) is 24.8 Å². The van der Waals surface area contributed by atoms with Crippen LogP contribution in [0.15, 0.2) is 16.7 Å². The van der Waals surface area contributed by atoms with Gasteiger partial charge in [0, 0.05) is 0 Å². The van der Waals surface area contributed by atoms with Gasteiger partial charge >= 0.3 is 0 Å². The van der Waals surface area contributed by atoms with Crippen LogP contribution in [-0.2, 0) is 6.42 Å². The molecule has 0 amide bonds. The third-order valence-corrected chi connectivity index (χ3v) is 2.38. The molecule has 0 bridgehead atoms. The van der Waals surface area contributed by atoms with Gasteiger partial charge in [0.05, 0.1) is 12.3 Å². The van der Waals surface area contributed by atoms with Crippen LogP contribution in [0.3, 0.4) is 0 Å². The number of hydrogen-bond acceptors (Lipinski definition) is 2. The molecule has 0 aliphatic heterocycles. The van der Waals surface area contributed by atoms with Crippen LogP contribution in [0.5, 0.6) is 0 Å². The van der Waals surface area contributed by atoms with E-state index in [4.69, 9.17) is 4.42 Å². The molecule has 11 heavy (non-hydrogen) atoms. The van der Waals surface area contributed by atoms with Gasteiger partial charge in [0.1, 0.15) is 5.76 Å². The molecule has 60 valence electrons. The van der Waals surface area contributed by atoms with Crippen molar-refractivity contribution in [1.82, 2.24) is 5.32 Å². The highest BCUT2D eigenvalue weighted by Crippen LogP contribution is 2.29. The summed E-state index contributed by atoms with van der Waals surface area (Å²) in [4.78, 5) is 0. The Morgan fingerprint density at radius 1 is 1.64 bits per heavy atom. The lowest BCUT2D eigenvalue weighted by Gasteiger charge is -2.19. The SMILES string of the molecule is CNC1CCCc2ccoc21. The zero-order valence-electron chi connectivity index (χ0n) is 6.76. The second kappa shape index (κ2) is 2.70. The fraction of sp³-hybridized carbons (Fsp3) is 0.556. The monoisotopic (exact) mass is 151 g/mol. The van der Waals surface area contributed by atoms with Gasteiger partial charge in [-0.15, -0.1) is 0 Å². The average molecular weight is 151 g/mol. The molecule has 1 aliphatic carbocycles. The molecular weight excluding hydrogens is 138 g/mol. The Morgan fingerprint density at radius 2 is 2.55 bits per heavy atom. The van der Waals surface area contributed by atoms with Crippen molar-refractivity contribution < 1.29 is 4.42 Å². The van der Waals surface area contributed by atoms with Crippen molar-refractivity contribution >= 4 is 0 Å². The number of hydrogen-bond donors (Lipinski definition) is 1. The zero-order chi connectivity index (χ0) is 7.68. The van der Waals surface area contributed by atoms with Crippen molar-refractivity contribution in [2.75, 3.05) is 7.05 Å². The topological polar surface area (TPSA) is 25.2 Å². The quantitative estimate of drug-likeness (QED) is 0.663. The smallest absolute Gasteiger partial charge is 0.123 e. The molecule has 0 saturated carbocycles. The van der Waals surface area contributed by atoms with E-state index in [1.807, 2.05) is 7.05 Å². The van der Waals surface area contributed by atoms with Crippen LogP contribution in [0.2, 0.25) is 0 Å². The van der Waals surface area contributed by atoms with E-state index in [-0.39, 0.29) is 0 Å². The lowest BCUT2D eigenvalue weighted by atomic mass is 9.94. The summed E-state index contributed by atoms with van der Waals surface area (Å²) in [7, 11) is 1.99. The highest BCUT2D eigenvalue weighted by molar-refractivity contribution is 5.22. The molecule has 0 saturated heterocycles. The Labute approximate surface area is 66.6 Å². The van der Waals surface area contributed by atoms with E-state index in [1.54, 1.807) is 6.26 Å². The highest BCUT2D eigenvalue weighted by atomic mass is 16.3. The van der Waals surface area contributed by atoms with Crippen LogP contribution in [0.25, 0.3) is 0 Å². The molecule has 2 heteroatoms. The second-order valence-electron chi connectivity index (χ2n) is 3.04. The zero-order valence-corrected chi connectivity index (χ0v) is 6.76. The molecule has 2 nitrogen and oxygen atoms in total. The van der Waals surface area contributed by atoms with Crippen molar-refractivity contribution in [1.29, 1.82) is 0 Å². The molecule has 1 heterocycles. The normalized spacial score (nSPS) is 23.2. The molecule has 1 N–H and O–H groups in total. The molecule has 0 spiro atoms. The number of furan rings is 1. The van der Waals surface area contributed by atoms with E-state index in [9.17, 15) is 0 Å². The fourth-order valence-electron chi connectivity index (χ4n) is 1.76. The lowest BCUT2D eigenvalue weighted by Crippen LogP contribution is -2.20.